The van der Waals surface area contributed by atoms with Gasteiger partial charge in [-0.2, -0.15) is 0 Å². The minimum Gasteiger partial charge on any atom is -0.494 e. The fraction of sp³-hybridized carbons (Fsp3) is 0.381. The van der Waals surface area contributed by atoms with E-state index in [1.807, 2.05) is 12.1 Å². The molecule has 0 aliphatic heterocycles. The fourth-order valence-electron chi connectivity index (χ4n) is 3.07. The highest BCUT2D eigenvalue weighted by Gasteiger charge is 2.10. The average Bonchev–Trinajstić information content (AvgIpc) is 2.96. The Balaban J connectivity index is 1.66. The van der Waals surface area contributed by atoms with Crippen LogP contribution >= 0.6 is 0 Å². The van der Waals surface area contributed by atoms with Gasteiger partial charge in [-0.15, -0.1) is 0 Å². The van der Waals surface area contributed by atoms with Gasteiger partial charge in [-0.05, 0) is 67.6 Å². The summed E-state index contributed by atoms with van der Waals surface area (Å²) in [4.78, 5) is 4.69. The molecular weight excluding hydrogens is 310 g/mol. The number of nitrogens with zero attached hydrogens (tertiary/aromatic N) is 2. The molecule has 0 amide bonds. The summed E-state index contributed by atoms with van der Waals surface area (Å²) in [5.74, 6) is 1.87. The Bertz CT molecular complexity index is 850. The van der Waals surface area contributed by atoms with Crippen LogP contribution in [0.3, 0.4) is 0 Å². The van der Waals surface area contributed by atoms with E-state index in [4.69, 9.17) is 10.5 Å². The summed E-state index contributed by atoms with van der Waals surface area (Å²) in [6.07, 6.45) is 1.97. The zero-order chi connectivity index (χ0) is 17.8. The number of ether oxygens (including phenoxy) is 1. The number of imidazole rings is 1. The van der Waals surface area contributed by atoms with Crippen LogP contribution in [0.15, 0.2) is 36.4 Å². The molecule has 1 aromatic heterocycles. The number of nitrogens with two attached hydrogens (primary N) is 1. The molecule has 2 N–H and O–H groups in total. The van der Waals surface area contributed by atoms with Crippen molar-refractivity contribution in [1.82, 2.24) is 9.55 Å². The van der Waals surface area contributed by atoms with Gasteiger partial charge in [0.25, 0.3) is 0 Å². The average molecular weight is 337 g/mol. The SMILES string of the molecule is CCc1ccc(OCCCn2c(CN)nc3cc(C)c(C)cc32)cc1. The largest absolute Gasteiger partial charge is 0.494 e. The number of benzene rings is 2. The molecule has 0 aliphatic carbocycles. The molecule has 0 aliphatic rings. The zero-order valence-electron chi connectivity index (χ0n) is 15.4. The number of fused-ring (bicyclic) bond motifs is 1. The van der Waals surface area contributed by atoms with E-state index < -0.39 is 0 Å². The van der Waals surface area contributed by atoms with Crippen LogP contribution in [-0.4, -0.2) is 16.2 Å². The number of hydrogen-bond donors (Lipinski definition) is 1. The molecule has 4 nitrogen and oxygen atoms in total. The monoisotopic (exact) mass is 337 g/mol. The van der Waals surface area contributed by atoms with E-state index in [9.17, 15) is 0 Å². The van der Waals surface area contributed by atoms with Crippen molar-refractivity contribution in [3.8, 4) is 5.75 Å². The van der Waals surface area contributed by atoms with Gasteiger partial charge in [0.15, 0.2) is 0 Å². The lowest BCUT2D eigenvalue weighted by Gasteiger charge is -2.10. The first kappa shape index (κ1) is 17.5. The highest BCUT2D eigenvalue weighted by atomic mass is 16.5. The highest BCUT2D eigenvalue weighted by molar-refractivity contribution is 5.78. The van der Waals surface area contributed by atoms with E-state index >= 15 is 0 Å². The van der Waals surface area contributed by atoms with Gasteiger partial charge in [0.2, 0.25) is 0 Å². The molecule has 25 heavy (non-hydrogen) atoms. The van der Waals surface area contributed by atoms with Crippen LogP contribution in [0.4, 0.5) is 0 Å². The van der Waals surface area contributed by atoms with Crippen LogP contribution in [0, 0.1) is 13.8 Å². The van der Waals surface area contributed by atoms with Crippen molar-refractivity contribution in [2.45, 2.75) is 46.7 Å². The number of hydrogen-bond acceptors (Lipinski definition) is 3. The maximum atomic E-state index is 5.90. The lowest BCUT2D eigenvalue weighted by atomic mass is 10.1. The summed E-state index contributed by atoms with van der Waals surface area (Å²) < 4.78 is 8.09. The summed E-state index contributed by atoms with van der Waals surface area (Å²) in [7, 11) is 0. The van der Waals surface area contributed by atoms with Crippen LogP contribution in [-0.2, 0) is 19.5 Å². The first-order valence-corrected chi connectivity index (χ1v) is 9.00. The molecule has 2 aromatic carbocycles. The maximum absolute atomic E-state index is 5.90. The van der Waals surface area contributed by atoms with Gasteiger partial charge in [-0.1, -0.05) is 19.1 Å². The third-order valence-electron chi connectivity index (χ3n) is 4.75. The Morgan fingerprint density at radius 2 is 1.80 bits per heavy atom. The Labute approximate surface area is 149 Å². The van der Waals surface area contributed by atoms with Crippen molar-refractivity contribution in [2.24, 2.45) is 5.73 Å². The van der Waals surface area contributed by atoms with Crippen molar-refractivity contribution in [2.75, 3.05) is 6.61 Å². The second-order valence-corrected chi connectivity index (χ2v) is 6.51. The molecule has 0 bridgehead atoms. The molecule has 3 rings (SSSR count). The highest BCUT2D eigenvalue weighted by Crippen LogP contribution is 2.21. The molecule has 1 heterocycles. The molecule has 0 saturated heterocycles. The molecular formula is C21H27N3O. The van der Waals surface area contributed by atoms with Gasteiger partial charge in [0.1, 0.15) is 11.6 Å². The number of aryl methyl sites for hydroxylation is 4. The minimum atomic E-state index is 0.451. The first-order valence-electron chi connectivity index (χ1n) is 9.00. The van der Waals surface area contributed by atoms with E-state index in [1.165, 1.54) is 16.7 Å². The van der Waals surface area contributed by atoms with E-state index in [0.717, 1.165) is 42.0 Å². The van der Waals surface area contributed by atoms with Crippen LogP contribution in [0.25, 0.3) is 11.0 Å². The molecule has 0 fully saturated rings. The van der Waals surface area contributed by atoms with Gasteiger partial charge >= 0.3 is 0 Å². The van der Waals surface area contributed by atoms with E-state index in [1.54, 1.807) is 0 Å². The molecule has 0 radical (unpaired) electrons. The van der Waals surface area contributed by atoms with Crippen molar-refractivity contribution in [3.63, 3.8) is 0 Å². The molecule has 132 valence electrons. The Morgan fingerprint density at radius 1 is 1.08 bits per heavy atom. The van der Waals surface area contributed by atoms with Crippen LogP contribution in [0.1, 0.15) is 35.9 Å². The van der Waals surface area contributed by atoms with Crippen LogP contribution in [0.5, 0.6) is 5.75 Å². The van der Waals surface area contributed by atoms with E-state index in [-0.39, 0.29) is 0 Å². The molecule has 0 spiro atoms. The molecule has 0 atom stereocenters. The van der Waals surface area contributed by atoms with Crippen molar-refractivity contribution in [1.29, 1.82) is 0 Å². The van der Waals surface area contributed by atoms with Crippen molar-refractivity contribution < 1.29 is 4.74 Å². The third-order valence-corrected chi connectivity index (χ3v) is 4.75. The predicted octanol–water partition coefficient (Wildman–Crippen LogP) is 4.14. The first-order chi connectivity index (χ1) is 12.1. The summed E-state index contributed by atoms with van der Waals surface area (Å²) in [5.41, 5.74) is 12.0. The summed E-state index contributed by atoms with van der Waals surface area (Å²) in [5, 5.41) is 0. The smallest absolute Gasteiger partial charge is 0.123 e. The van der Waals surface area contributed by atoms with Crippen LogP contribution < -0.4 is 10.5 Å². The summed E-state index contributed by atoms with van der Waals surface area (Å²) >= 11 is 0. The Kier molecular flexibility index (Phi) is 5.39. The number of aromatic nitrogens is 2. The lowest BCUT2D eigenvalue weighted by Crippen LogP contribution is -2.11. The fourth-order valence-corrected chi connectivity index (χ4v) is 3.07. The molecule has 4 heteroatoms. The Morgan fingerprint density at radius 3 is 2.48 bits per heavy atom. The Hall–Kier alpha value is -2.33. The maximum Gasteiger partial charge on any atom is 0.123 e. The zero-order valence-corrected chi connectivity index (χ0v) is 15.4. The second kappa shape index (κ2) is 7.70. The van der Waals surface area contributed by atoms with Gasteiger partial charge in [-0.3, -0.25) is 0 Å². The predicted molar refractivity (Wildman–Crippen MR) is 103 cm³/mol. The quantitative estimate of drug-likeness (QED) is 0.659. The van der Waals surface area contributed by atoms with E-state index in [2.05, 4.69) is 54.6 Å². The normalized spacial score (nSPS) is 11.2. The van der Waals surface area contributed by atoms with Crippen molar-refractivity contribution >= 4 is 11.0 Å². The minimum absolute atomic E-state index is 0.451. The van der Waals surface area contributed by atoms with Gasteiger partial charge in [-0.25, -0.2) is 4.98 Å². The molecule has 3 aromatic rings. The van der Waals surface area contributed by atoms with Gasteiger partial charge in [0, 0.05) is 6.54 Å². The summed E-state index contributed by atoms with van der Waals surface area (Å²) in [6, 6.07) is 12.7. The van der Waals surface area contributed by atoms with Gasteiger partial charge < -0.3 is 15.0 Å². The second-order valence-electron chi connectivity index (χ2n) is 6.51. The van der Waals surface area contributed by atoms with E-state index in [0.29, 0.717) is 13.2 Å². The number of rotatable bonds is 7. The topological polar surface area (TPSA) is 53.1 Å². The molecule has 0 saturated carbocycles. The van der Waals surface area contributed by atoms with Crippen LogP contribution in [0.2, 0.25) is 0 Å². The van der Waals surface area contributed by atoms with Gasteiger partial charge in [0.05, 0.1) is 24.2 Å². The standard InChI is InChI=1S/C21H27N3O/c1-4-17-6-8-18(9-7-17)25-11-5-10-24-20-13-16(3)15(2)12-19(20)23-21(24)14-22/h6-9,12-13H,4-5,10-11,14,22H2,1-3H3. The summed E-state index contributed by atoms with van der Waals surface area (Å²) in [6.45, 7) is 8.40. The third kappa shape index (κ3) is 3.85. The lowest BCUT2D eigenvalue weighted by molar-refractivity contribution is 0.301. The van der Waals surface area contributed by atoms with Crippen molar-refractivity contribution in [3.05, 3.63) is 58.9 Å². The molecule has 0 unspecified atom stereocenters.